The van der Waals surface area contributed by atoms with Crippen molar-refractivity contribution in [3.63, 3.8) is 0 Å². The predicted molar refractivity (Wildman–Crippen MR) is 58.8 cm³/mol. The van der Waals surface area contributed by atoms with Gasteiger partial charge in [-0.1, -0.05) is 6.07 Å². The molecule has 0 spiro atoms. The van der Waals surface area contributed by atoms with Gasteiger partial charge in [0.1, 0.15) is 5.69 Å². The van der Waals surface area contributed by atoms with E-state index in [0.717, 1.165) is 0 Å². The minimum absolute atomic E-state index is 0.0550. The van der Waals surface area contributed by atoms with Crippen molar-refractivity contribution in [1.29, 1.82) is 0 Å². The van der Waals surface area contributed by atoms with Crippen LogP contribution in [-0.4, -0.2) is 21.1 Å². The van der Waals surface area contributed by atoms with Crippen LogP contribution in [0.2, 0.25) is 0 Å². The van der Waals surface area contributed by atoms with Crippen molar-refractivity contribution in [3.05, 3.63) is 36.0 Å². The summed E-state index contributed by atoms with van der Waals surface area (Å²) >= 11 is 0. The van der Waals surface area contributed by atoms with Gasteiger partial charge in [0.25, 0.3) is 0 Å². The van der Waals surface area contributed by atoms with Gasteiger partial charge in [-0.15, -0.1) is 0 Å². The molecule has 0 aliphatic carbocycles. The smallest absolute Gasteiger partial charge is 0.321 e. The number of fused-ring (bicyclic) bond motifs is 1. The zero-order valence-corrected chi connectivity index (χ0v) is 8.96. The first-order chi connectivity index (χ1) is 7.50. The lowest BCUT2D eigenvalue weighted by Gasteiger charge is -2.05. The summed E-state index contributed by atoms with van der Waals surface area (Å²) in [4.78, 5) is 32.5. The maximum Gasteiger partial charge on any atom is 0.356 e. The third-order valence-corrected chi connectivity index (χ3v) is 3.10. The van der Waals surface area contributed by atoms with Gasteiger partial charge in [-0.3, -0.25) is 9.36 Å². The second-order valence-corrected chi connectivity index (χ2v) is 4.88. The number of hydrogen-bond acceptors (Lipinski definition) is 3. The quantitative estimate of drug-likeness (QED) is 0.597. The molecule has 0 saturated carbocycles. The van der Waals surface area contributed by atoms with Crippen LogP contribution in [0.25, 0.3) is 10.9 Å². The molecule has 0 unspecified atom stereocenters. The van der Waals surface area contributed by atoms with Crippen LogP contribution in [0, 0.1) is 0 Å². The molecule has 5 nitrogen and oxygen atoms in total. The number of carbonyl (C=O) groups is 1. The molecule has 82 valence electrons. The minimum atomic E-state index is -4.24. The van der Waals surface area contributed by atoms with Gasteiger partial charge in [-0.2, -0.15) is 0 Å². The number of aldehydes is 1. The lowest BCUT2D eigenvalue weighted by Crippen LogP contribution is -2.03. The van der Waals surface area contributed by atoms with E-state index in [9.17, 15) is 9.36 Å². The van der Waals surface area contributed by atoms with Crippen molar-refractivity contribution in [2.45, 2.75) is 0 Å². The summed E-state index contributed by atoms with van der Waals surface area (Å²) in [6.45, 7) is 0. The third-order valence-electron chi connectivity index (χ3n) is 2.15. The second-order valence-electron chi connectivity index (χ2n) is 3.28. The Kier molecular flexibility index (Phi) is 2.59. The summed E-state index contributed by atoms with van der Waals surface area (Å²) in [5.74, 6) is 0. The lowest BCUT2D eigenvalue weighted by molar-refractivity contribution is 0.111. The van der Waals surface area contributed by atoms with Gasteiger partial charge in [0.15, 0.2) is 6.29 Å². The van der Waals surface area contributed by atoms with E-state index in [-0.39, 0.29) is 11.0 Å². The molecular formula is C10H8NO4P. The Hall–Kier alpha value is -1.55. The number of pyridine rings is 1. The van der Waals surface area contributed by atoms with Gasteiger partial charge < -0.3 is 9.79 Å². The summed E-state index contributed by atoms with van der Waals surface area (Å²) < 4.78 is 11.0. The highest BCUT2D eigenvalue weighted by molar-refractivity contribution is 7.60. The molecule has 0 aliphatic rings. The molecule has 0 fully saturated rings. The van der Waals surface area contributed by atoms with E-state index >= 15 is 0 Å². The maximum absolute atomic E-state index is 11.0. The Labute approximate surface area is 90.9 Å². The van der Waals surface area contributed by atoms with E-state index in [1.165, 1.54) is 24.3 Å². The van der Waals surface area contributed by atoms with Crippen LogP contribution in [-0.2, 0) is 4.57 Å². The fraction of sp³-hybridized carbons (Fsp3) is 0. The number of nitrogens with zero attached hydrogens (tertiary/aromatic N) is 1. The Balaban J connectivity index is 2.65. The molecular weight excluding hydrogens is 229 g/mol. The maximum atomic E-state index is 11.0. The summed E-state index contributed by atoms with van der Waals surface area (Å²) in [5, 5.41) is 0.534. The average Bonchev–Trinajstić information content (AvgIpc) is 2.26. The average molecular weight is 237 g/mol. The zero-order chi connectivity index (χ0) is 11.8. The molecule has 0 radical (unpaired) electrons. The van der Waals surface area contributed by atoms with E-state index in [1.54, 1.807) is 6.07 Å². The molecule has 0 amide bonds. The monoisotopic (exact) mass is 237 g/mol. The minimum Gasteiger partial charge on any atom is -0.321 e. The fourth-order valence-electron chi connectivity index (χ4n) is 1.38. The fourth-order valence-corrected chi connectivity index (χ4v) is 1.95. The van der Waals surface area contributed by atoms with Crippen LogP contribution in [0.4, 0.5) is 0 Å². The molecule has 2 N–H and O–H groups in total. The van der Waals surface area contributed by atoms with Crippen molar-refractivity contribution in [2.75, 3.05) is 0 Å². The molecule has 0 atom stereocenters. The summed E-state index contributed by atoms with van der Waals surface area (Å²) in [7, 11) is -4.24. The standard InChI is InChI=1S/C10H8NO4P/c12-6-8-2-1-7-5-9(16(13,14)15)3-4-10(7)11-8/h1-6H,(H2,13,14,15). The SMILES string of the molecule is O=Cc1ccc2cc(P(=O)(O)O)ccc2n1. The van der Waals surface area contributed by atoms with Crippen molar-refractivity contribution >= 4 is 30.1 Å². The first-order valence-electron chi connectivity index (χ1n) is 4.43. The molecule has 6 heteroatoms. The molecule has 2 rings (SSSR count). The Morgan fingerprint density at radius 3 is 2.56 bits per heavy atom. The second kappa shape index (κ2) is 3.79. The first kappa shape index (κ1) is 11.0. The highest BCUT2D eigenvalue weighted by Gasteiger charge is 2.16. The van der Waals surface area contributed by atoms with Gasteiger partial charge in [0.2, 0.25) is 0 Å². The molecule has 0 saturated heterocycles. The van der Waals surface area contributed by atoms with Crippen LogP contribution < -0.4 is 5.30 Å². The molecule has 1 heterocycles. The van der Waals surface area contributed by atoms with Gasteiger partial charge in [-0.05, 0) is 24.3 Å². The van der Waals surface area contributed by atoms with Crippen LogP contribution in [0.15, 0.2) is 30.3 Å². The van der Waals surface area contributed by atoms with Crippen LogP contribution in [0.3, 0.4) is 0 Å². The van der Waals surface area contributed by atoms with E-state index < -0.39 is 7.60 Å². The molecule has 2 aromatic rings. The van der Waals surface area contributed by atoms with Crippen molar-refractivity contribution in [1.82, 2.24) is 4.98 Å². The normalized spacial score (nSPS) is 11.6. The summed E-state index contributed by atoms with van der Waals surface area (Å²) in [6.07, 6.45) is 0.621. The van der Waals surface area contributed by atoms with Gasteiger partial charge in [-0.25, -0.2) is 4.98 Å². The number of carbonyl (C=O) groups excluding carboxylic acids is 1. The topological polar surface area (TPSA) is 87.5 Å². The van der Waals surface area contributed by atoms with Gasteiger partial charge >= 0.3 is 7.60 Å². The molecule has 0 aliphatic heterocycles. The van der Waals surface area contributed by atoms with Crippen molar-refractivity contribution in [2.24, 2.45) is 0 Å². The Morgan fingerprint density at radius 1 is 1.19 bits per heavy atom. The highest BCUT2D eigenvalue weighted by atomic mass is 31.2. The van der Waals surface area contributed by atoms with E-state index in [4.69, 9.17) is 9.79 Å². The van der Waals surface area contributed by atoms with E-state index in [1.807, 2.05) is 0 Å². The number of hydrogen-bond donors (Lipinski definition) is 2. The first-order valence-corrected chi connectivity index (χ1v) is 6.04. The highest BCUT2D eigenvalue weighted by Crippen LogP contribution is 2.33. The van der Waals surface area contributed by atoms with Crippen LogP contribution >= 0.6 is 7.60 Å². The summed E-state index contributed by atoms with van der Waals surface area (Å²) in [5.41, 5.74) is 0.818. The number of benzene rings is 1. The van der Waals surface area contributed by atoms with E-state index in [2.05, 4.69) is 4.98 Å². The zero-order valence-electron chi connectivity index (χ0n) is 8.07. The molecule has 16 heavy (non-hydrogen) atoms. The third kappa shape index (κ3) is 2.02. The van der Waals surface area contributed by atoms with Crippen molar-refractivity contribution < 1.29 is 19.1 Å². The largest absolute Gasteiger partial charge is 0.356 e. The van der Waals surface area contributed by atoms with Crippen LogP contribution in [0.5, 0.6) is 0 Å². The molecule has 1 aromatic carbocycles. The lowest BCUT2D eigenvalue weighted by atomic mass is 10.2. The van der Waals surface area contributed by atoms with E-state index in [0.29, 0.717) is 17.2 Å². The number of rotatable bonds is 2. The Morgan fingerprint density at radius 2 is 1.94 bits per heavy atom. The molecule has 1 aromatic heterocycles. The number of aromatic nitrogens is 1. The summed E-state index contributed by atoms with van der Waals surface area (Å²) in [6, 6.07) is 7.27. The van der Waals surface area contributed by atoms with Crippen LogP contribution in [0.1, 0.15) is 10.5 Å². The Bertz CT molecular complexity index is 605. The predicted octanol–water partition coefficient (Wildman–Crippen LogP) is 0.850. The van der Waals surface area contributed by atoms with Crippen molar-refractivity contribution in [3.8, 4) is 0 Å². The van der Waals surface area contributed by atoms with Gasteiger partial charge in [0.05, 0.1) is 10.8 Å². The van der Waals surface area contributed by atoms with Gasteiger partial charge in [0, 0.05) is 5.39 Å². The molecule has 0 bridgehead atoms.